The van der Waals surface area contributed by atoms with Gasteiger partial charge in [0.25, 0.3) is 0 Å². The van der Waals surface area contributed by atoms with Crippen LogP contribution >= 0.6 is 0 Å². The Labute approximate surface area is 108 Å². The Bertz CT molecular complexity index is 523. The molecule has 0 amide bonds. The smallest absolute Gasteiger partial charge is 0.248 e. The van der Waals surface area contributed by atoms with Crippen LogP contribution in [0.3, 0.4) is 0 Å². The summed E-state index contributed by atoms with van der Waals surface area (Å²) in [5, 5.41) is 4.00. The number of rotatable bonds is 3. The number of sulfonamides is 1. The quantitative estimate of drug-likeness (QED) is 0.886. The number of aromatic nitrogens is 2. The number of nitrogens with zero attached hydrogens (tertiary/aromatic N) is 3. The minimum absolute atomic E-state index is 0.0927. The molecule has 2 rings (SSSR count). The van der Waals surface area contributed by atoms with Crippen molar-refractivity contribution in [2.24, 2.45) is 5.92 Å². The van der Waals surface area contributed by atoms with Crippen LogP contribution in [0.25, 0.3) is 0 Å². The second kappa shape index (κ2) is 4.89. The number of hydrogen-bond acceptors (Lipinski definition) is 4. The highest BCUT2D eigenvalue weighted by atomic mass is 32.2. The summed E-state index contributed by atoms with van der Waals surface area (Å²) in [5.74, 6) is 0.492. The van der Waals surface area contributed by atoms with Crippen LogP contribution in [-0.2, 0) is 16.6 Å². The van der Waals surface area contributed by atoms with Crippen LogP contribution in [0, 0.1) is 5.92 Å². The van der Waals surface area contributed by atoms with E-state index in [1.807, 2.05) is 6.92 Å². The van der Waals surface area contributed by atoms with Crippen molar-refractivity contribution in [2.45, 2.75) is 38.1 Å². The van der Waals surface area contributed by atoms with Crippen molar-refractivity contribution in [3.05, 3.63) is 6.20 Å². The fraction of sp³-hybridized carbons (Fsp3) is 0.727. The van der Waals surface area contributed by atoms with Crippen molar-refractivity contribution in [1.82, 2.24) is 14.1 Å². The zero-order valence-corrected chi connectivity index (χ0v) is 11.7. The van der Waals surface area contributed by atoms with Crippen molar-refractivity contribution in [1.29, 1.82) is 0 Å². The SMILES string of the molecule is CCn1cc(S(=O)(=O)N2CCCC(C)C2)c(N)n1. The maximum Gasteiger partial charge on any atom is 0.248 e. The first-order valence-corrected chi connectivity index (χ1v) is 7.72. The molecule has 1 fully saturated rings. The Morgan fingerprint density at radius 2 is 2.28 bits per heavy atom. The zero-order valence-electron chi connectivity index (χ0n) is 10.8. The minimum Gasteiger partial charge on any atom is -0.381 e. The van der Waals surface area contributed by atoms with Crippen LogP contribution in [0.5, 0.6) is 0 Å². The molecular formula is C11H20N4O2S. The first-order chi connectivity index (χ1) is 8.45. The summed E-state index contributed by atoms with van der Waals surface area (Å²) in [7, 11) is -3.49. The lowest BCUT2D eigenvalue weighted by atomic mass is 10.0. The van der Waals surface area contributed by atoms with Gasteiger partial charge in [-0.05, 0) is 25.7 Å². The van der Waals surface area contributed by atoms with E-state index in [2.05, 4.69) is 12.0 Å². The second-order valence-corrected chi connectivity index (χ2v) is 6.75. The predicted octanol–water partition coefficient (Wildman–Crippen LogP) is 0.906. The van der Waals surface area contributed by atoms with E-state index >= 15 is 0 Å². The molecule has 0 aromatic carbocycles. The Hall–Kier alpha value is -1.08. The van der Waals surface area contributed by atoms with Crippen molar-refractivity contribution in [3.63, 3.8) is 0 Å². The van der Waals surface area contributed by atoms with E-state index in [4.69, 9.17) is 5.73 Å². The number of nitrogen functional groups attached to an aromatic ring is 1. The summed E-state index contributed by atoms with van der Waals surface area (Å²) < 4.78 is 28.0. The van der Waals surface area contributed by atoms with Gasteiger partial charge in [-0.2, -0.15) is 9.40 Å². The zero-order chi connectivity index (χ0) is 13.3. The number of hydrogen-bond donors (Lipinski definition) is 1. The highest BCUT2D eigenvalue weighted by Gasteiger charge is 2.31. The van der Waals surface area contributed by atoms with Gasteiger partial charge in [0, 0.05) is 25.8 Å². The van der Waals surface area contributed by atoms with Gasteiger partial charge in [0.05, 0.1) is 0 Å². The molecule has 7 heteroatoms. The van der Waals surface area contributed by atoms with E-state index in [1.165, 1.54) is 10.5 Å². The molecule has 18 heavy (non-hydrogen) atoms. The first kappa shape index (κ1) is 13.4. The van der Waals surface area contributed by atoms with E-state index < -0.39 is 10.0 Å². The summed E-state index contributed by atoms with van der Waals surface area (Å²) in [6.45, 7) is 5.71. The largest absolute Gasteiger partial charge is 0.381 e. The maximum absolute atomic E-state index is 12.5. The van der Waals surface area contributed by atoms with Gasteiger partial charge in [-0.25, -0.2) is 8.42 Å². The maximum atomic E-state index is 12.5. The Kier molecular flexibility index (Phi) is 3.63. The first-order valence-electron chi connectivity index (χ1n) is 6.28. The Balaban J connectivity index is 2.32. The Morgan fingerprint density at radius 1 is 1.56 bits per heavy atom. The minimum atomic E-state index is -3.49. The molecule has 0 aliphatic carbocycles. The van der Waals surface area contributed by atoms with Gasteiger partial charge in [-0.3, -0.25) is 4.68 Å². The molecule has 102 valence electrons. The normalized spacial score (nSPS) is 22.2. The number of piperidine rings is 1. The average molecular weight is 272 g/mol. The predicted molar refractivity (Wildman–Crippen MR) is 69.5 cm³/mol. The fourth-order valence-electron chi connectivity index (χ4n) is 2.28. The number of nitrogens with two attached hydrogens (primary N) is 1. The average Bonchev–Trinajstić information content (AvgIpc) is 2.71. The van der Waals surface area contributed by atoms with Crippen LogP contribution in [-0.4, -0.2) is 35.6 Å². The summed E-state index contributed by atoms with van der Waals surface area (Å²) >= 11 is 0. The molecule has 0 radical (unpaired) electrons. The molecule has 1 aliphatic heterocycles. The highest BCUT2D eigenvalue weighted by molar-refractivity contribution is 7.89. The summed E-state index contributed by atoms with van der Waals surface area (Å²) in [5.41, 5.74) is 5.71. The third kappa shape index (κ3) is 2.37. The van der Waals surface area contributed by atoms with Gasteiger partial charge in [0.1, 0.15) is 4.90 Å². The van der Waals surface area contributed by atoms with E-state index in [9.17, 15) is 8.42 Å². The van der Waals surface area contributed by atoms with Crippen LogP contribution in [0.15, 0.2) is 11.1 Å². The molecule has 1 aliphatic rings. The van der Waals surface area contributed by atoms with E-state index in [0.717, 1.165) is 12.8 Å². The molecule has 6 nitrogen and oxygen atoms in total. The lowest BCUT2D eigenvalue weighted by molar-refractivity contribution is 0.281. The standard InChI is InChI=1S/C11H20N4O2S/c1-3-14-8-10(11(12)13-14)18(16,17)15-6-4-5-9(2)7-15/h8-9H,3-7H2,1-2H3,(H2,12,13). The fourth-order valence-corrected chi connectivity index (χ4v) is 3.94. The summed E-state index contributed by atoms with van der Waals surface area (Å²) in [6, 6.07) is 0. The van der Waals surface area contributed by atoms with Crippen molar-refractivity contribution < 1.29 is 8.42 Å². The van der Waals surface area contributed by atoms with Gasteiger partial charge in [-0.1, -0.05) is 6.92 Å². The lowest BCUT2D eigenvalue weighted by Crippen LogP contribution is -2.39. The van der Waals surface area contributed by atoms with E-state index in [-0.39, 0.29) is 10.7 Å². The third-order valence-corrected chi connectivity index (χ3v) is 5.20. The molecular weight excluding hydrogens is 252 g/mol. The van der Waals surface area contributed by atoms with Crippen LogP contribution in [0.1, 0.15) is 26.7 Å². The van der Waals surface area contributed by atoms with Crippen molar-refractivity contribution in [3.8, 4) is 0 Å². The van der Waals surface area contributed by atoms with Crippen molar-refractivity contribution >= 4 is 15.8 Å². The lowest BCUT2D eigenvalue weighted by Gasteiger charge is -2.29. The molecule has 2 N–H and O–H groups in total. The summed E-state index contributed by atoms with van der Waals surface area (Å²) in [4.78, 5) is 0.137. The third-order valence-electron chi connectivity index (χ3n) is 3.32. The highest BCUT2D eigenvalue weighted by Crippen LogP contribution is 2.26. The van der Waals surface area contributed by atoms with Crippen LogP contribution < -0.4 is 5.73 Å². The van der Waals surface area contributed by atoms with Crippen LogP contribution in [0.2, 0.25) is 0 Å². The number of aryl methyl sites for hydroxylation is 1. The molecule has 1 atom stereocenters. The van der Waals surface area contributed by atoms with Gasteiger partial charge in [-0.15, -0.1) is 0 Å². The number of anilines is 1. The summed E-state index contributed by atoms with van der Waals surface area (Å²) in [6.07, 6.45) is 3.50. The van der Waals surface area contributed by atoms with Gasteiger partial charge >= 0.3 is 0 Å². The Morgan fingerprint density at radius 3 is 2.83 bits per heavy atom. The molecule has 0 spiro atoms. The van der Waals surface area contributed by atoms with E-state index in [1.54, 1.807) is 4.68 Å². The van der Waals surface area contributed by atoms with Gasteiger partial charge in [0.2, 0.25) is 10.0 Å². The molecule has 1 aromatic rings. The molecule has 1 unspecified atom stereocenters. The van der Waals surface area contributed by atoms with Gasteiger partial charge < -0.3 is 5.73 Å². The molecule has 2 heterocycles. The second-order valence-electron chi connectivity index (χ2n) is 4.84. The molecule has 0 bridgehead atoms. The molecule has 1 aromatic heterocycles. The van der Waals surface area contributed by atoms with Crippen molar-refractivity contribution in [2.75, 3.05) is 18.8 Å². The monoisotopic (exact) mass is 272 g/mol. The van der Waals surface area contributed by atoms with Gasteiger partial charge in [0.15, 0.2) is 5.82 Å². The van der Waals surface area contributed by atoms with E-state index in [0.29, 0.717) is 25.6 Å². The molecule has 1 saturated heterocycles. The molecule has 0 saturated carbocycles. The topological polar surface area (TPSA) is 81.2 Å². The van der Waals surface area contributed by atoms with Crippen LogP contribution in [0.4, 0.5) is 5.82 Å².